The topological polar surface area (TPSA) is 66.5 Å². The van der Waals surface area contributed by atoms with Crippen molar-refractivity contribution >= 4 is 39.9 Å². The van der Waals surface area contributed by atoms with Gasteiger partial charge in [-0.1, -0.05) is 33.6 Å². The second-order valence-corrected chi connectivity index (χ2v) is 5.24. The van der Waals surface area contributed by atoms with E-state index in [2.05, 4.69) is 15.9 Å². The van der Waals surface area contributed by atoms with Crippen molar-refractivity contribution in [2.45, 2.75) is 18.4 Å². The maximum atomic E-state index is 9.05. The number of rotatable bonds is 5. The van der Waals surface area contributed by atoms with Gasteiger partial charge in [-0.25, -0.2) is 0 Å². The summed E-state index contributed by atoms with van der Waals surface area (Å²) in [5, 5.41) is 18.8. The zero-order valence-corrected chi connectivity index (χ0v) is 12.4. The molecule has 0 radical (unpaired) electrons. The molecule has 1 rings (SSSR count). The summed E-state index contributed by atoms with van der Waals surface area (Å²) < 4.78 is 0.921. The van der Waals surface area contributed by atoms with Gasteiger partial charge in [0.25, 0.3) is 0 Å². The number of nitrogens with two attached hydrogens (primary N) is 1. The van der Waals surface area contributed by atoms with E-state index in [0.717, 1.165) is 10.0 Å². The number of halogens is 3. The van der Waals surface area contributed by atoms with Crippen molar-refractivity contribution in [1.82, 2.24) is 0 Å². The molecule has 6 heteroatoms. The molecule has 0 amide bonds. The van der Waals surface area contributed by atoms with Gasteiger partial charge in [-0.3, -0.25) is 0 Å². The minimum Gasteiger partial charge on any atom is -0.394 e. The van der Waals surface area contributed by atoms with Crippen molar-refractivity contribution in [3.05, 3.63) is 33.3 Å². The molecule has 0 aliphatic heterocycles. The van der Waals surface area contributed by atoms with Crippen LogP contribution in [0.4, 0.5) is 0 Å². The summed E-state index contributed by atoms with van der Waals surface area (Å²) in [7, 11) is 0. The highest BCUT2D eigenvalue weighted by molar-refractivity contribution is 9.10. The second-order valence-electron chi connectivity index (χ2n) is 3.91. The van der Waals surface area contributed by atoms with Gasteiger partial charge in [0, 0.05) is 9.50 Å². The first-order valence-electron chi connectivity index (χ1n) is 4.95. The van der Waals surface area contributed by atoms with Gasteiger partial charge in [0.1, 0.15) is 0 Å². The van der Waals surface area contributed by atoms with E-state index in [9.17, 15) is 0 Å². The Morgan fingerprint density at radius 3 is 2.35 bits per heavy atom. The van der Waals surface area contributed by atoms with Gasteiger partial charge in [-0.2, -0.15) is 0 Å². The van der Waals surface area contributed by atoms with Gasteiger partial charge in [0.15, 0.2) is 0 Å². The van der Waals surface area contributed by atoms with Gasteiger partial charge in [-0.15, -0.1) is 12.4 Å². The fraction of sp³-hybridized carbons (Fsp3) is 0.455. The van der Waals surface area contributed by atoms with Gasteiger partial charge in [-0.05, 0) is 30.5 Å². The molecule has 98 valence electrons. The molecule has 0 aromatic heterocycles. The molecular formula is C11H16BrCl2NO2. The van der Waals surface area contributed by atoms with E-state index < -0.39 is 5.54 Å². The van der Waals surface area contributed by atoms with Crippen LogP contribution in [0.15, 0.2) is 22.7 Å². The van der Waals surface area contributed by atoms with Crippen LogP contribution in [0, 0.1) is 0 Å². The predicted octanol–water partition coefficient (Wildman–Crippen LogP) is 2.14. The zero-order valence-electron chi connectivity index (χ0n) is 9.20. The lowest BCUT2D eigenvalue weighted by Gasteiger charge is -2.24. The first kappa shape index (κ1) is 17.2. The van der Waals surface area contributed by atoms with Crippen LogP contribution in [0.1, 0.15) is 12.0 Å². The minimum atomic E-state index is -0.934. The number of aliphatic hydroxyl groups excluding tert-OH is 2. The van der Waals surface area contributed by atoms with Crippen LogP contribution in [0.5, 0.6) is 0 Å². The molecule has 0 aliphatic rings. The fourth-order valence-electron chi connectivity index (χ4n) is 1.32. The molecule has 0 saturated heterocycles. The Morgan fingerprint density at radius 2 is 1.88 bits per heavy atom. The average Bonchev–Trinajstić information content (AvgIpc) is 2.27. The summed E-state index contributed by atoms with van der Waals surface area (Å²) in [6.07, 6.45) is 1.12. The normalized spacial score (nSPS) is 11.1. The number of aryl methyl sites for hydroxylation is 1. The SMILES string of the molecule is Cl.NC(CO)(CO)CCc1ccc(Br)cc1Cl. The molecule has 0 atom stereocenters. The van der Waals surface area contributed by atoms with Crippen LogP contribution < -0.4 is 5.73 Å². The quantitative estimate of drug-likeness (QED) is 0.766. The van der Waals surface area contributed by atoms with Gasteiger partial charge in [0.05, 0.1) is 18.8 Å². The monoisotopic (exact) mass is 343 g/mol. The summed E-state index contributed by atoms with van der Waals surface area (Å²) in [6.45, 7) is -0.477. The average molecular weight is 345 g/mol. The summed E-state index contributed by atoms with van der Waals surface area (Å²) >= 11 is 9.37. The fourth-order valence-corrected chi connectivity index (χ4v) is 2.08. The van der Waals surface area contributed by atoms with Crippen molar-refractivity contribution in [2.75, 3.05) is 13.2 Å². The van der Waals surface area contributed by atoms with Gasteiger partial charge in [0.2, 0.25) is 0 Å². The molecule has 0 saturated carbocycles. The first-order valence-corrected chi connectivity index (χ1v) is 6.12. The van der Waals surface area contributed by atoms with Crippen LogP contribution in [0.25, 0.3) is 0 Å². The maximum absolute atomic E-state index is 9.05. The molecule has 0 aliphatic carbocycles. The van der Waals surface area contributed by atoms with Gasteiger partial charge >= 0.3 is 0 Å². The summed E-state index contributed by atoms with van der Waals surface area (Å²) in [4.78, 5) is 0. The predicted molar refractivity (Wildman–Crippen MR) is 75.8 cm³/mol. The summed E-state index contributed by atoms with van der Waals surface area (Å²) in [6, 6.07) is 5.62. The Bertz CT molecular complexity index is 359. The van der Waals surface area contributed by atoms with E-state index in [-0.39, 0.29) is 25.6 Å². The minimum absolute atomic E-state index is 0. The molecule has 0 unspecified atom stereocenters. The molecule has 17 heavy (non-hydrogen) atoms. The summed E-state index contributed by atoms with van der Waals surface area (Å²) in [5.74, 6) is 0. The third-order valence-corrected chi connectivity index (χ3v) is 3.38. The van der Waals surface area contributed by atoms with Crippen molar-refractivity contribution in [2.24, 2.45) is 5.73 Å². The third kappa shape index (κ3) is 5.12. The Labute approximate surface area is 121 Å². The summed E-state index contributed by atoms with van der Waals surface area (Å²) in [5.41, 5.74) is 5.80. The molecule has 1 aromatic carbocycles. The smallest absolute Gasteiger partial charge is 0.0633 e. The number of hydrogen-bond acceptors (Lipinski definition) is 3. The van der Waals surface area contributed by atoms with E-state index >= 15 is 0 Å². The zero-order chi connectivity index (χ0) is 12.2. The number of aliphatic hydroxyl groups is 2. The van der Waals surface area contributed by atoms with Crippen LogP contribution in [0.2, 0.25) is 5.02 Å². The van der Waals surface area contributed by atoms with Crippen molar-refractivity contribution < 1.29 is 10.2 Å². The van der Waals surface area contributed by atoms with Crippen molar-refractivity contribution in [1.29, 1.82) is 0 Å². The van der Waals surface area contributed by atoms with Crippen LogP contribution in [0.3, 0.4) is 0 Å². The third-order valence-electron chi connectivity index (χ3n) is 2.54. The maximum Gasteiger partial charge on any atom is 0.0633 e. The first-order chi connectivity index (χ1) is 7.50. The lowest BCUT2D eigenvalue weighted by molar-refractivity contribution is 0.115. The molecule has 0 heterocycles. The van der Waals surface area contributed by atoms with Crippen LogP contribution in [-0.4, -0.2) is 29.0 Å². The highest BCUT2D eigenvalue weighted by Crippen LogP contribution is 2.23. The molecule has 0 bridgehead atoms. The van der Waals surface area contributed by atoms with E-state index in [0.29, 0.717) is 17.9 Å². The number of hydrogen-bond donors (Lipinski definition) is 3. The Hall–Kier alpha value is 0.160. The lowest BCUT2D eigenvalue weighted by atomic mass is 9.94. The highest BCUT2D eigenvalue weighted by atomic mass is 79.9. The van der Waals surface area contributed by atoms with E-state index in [1.807, 2.05) is 18.2 Å². The van der Waals surface area contributed by atoms with Crippen molar-refractivity contribution in [3.8, 4) is 0 Å². The lowest BCUT2D eigenvalue weighted by Crippen LogP contribution is -2.47. The van der Waals surface area contributed by atoms with Crippen molar-refractivity contribution in [3.63, 3.8) is 0 Å². The highest BCUT2D eigenvalue weighted by Gasteiger charge is 2.22. The molecule has 3 nitrogen and oxygen atoms in total. The Balaban J connectivity index is 0.00000256. The van der Waals surface area contributed by atoms with E-state index in [4.69, 9.17) is 27.5 Å². The molecule has 1 aromatic rings. The molecule has 0 fully saturated rings. The van der Waals surface area contributed by atoms with Gasteiger partial charge < -0.3 is 15.9 Å². The molecule has 0 spiro atoms. The Morgan fingerprint density at radius 1 is 1.29 bits per heavy atom. The molecular weight excluding hydrogens is 329 g/mol. The van der Waals surface area contributed by atoms with E-state index in [1.165, 1.54) is 0 Å². The second kappa shape index (κ2) is 7.56. The van der Waals surface area contributed by atoms with Crippen LogP contribution >= 0.6 is 39.9 Å². The Kier molecular flexibility index (Phi) is 7.63. The van der Waals surface area contributed by atoms with Crippen LogP contribution in [-0.2, 0) is 6.42 Å². The number of benzene rings is 1. The standard InChI is InChI=1S/C11H15BrClNO2.ClH/c12-9-2-1-8(10(13)5-9)3-4-11(14,6-15)7-16;/h1-2,5,15-16H,3-4,6-7,14H2;1H. The van der Waals surface area contributed by atoms with E-state index in [1.54, 1.807) is 0 Å². The largest absolute Gasteiger partial charge is 0.394 e. The molecule has 4 N–H and O–H groups in total.